The molecule has 140 valence electrons. The van der Waals surface area contributed by atoms with Gasteiger partial charge in [-0.15, -0.1) is 0 Å². The number of ether oxygens (including phenoxy) is 2. The van der Waals surface area contributed by atoms with E-state index in [0.717, 1.165) is 10.2 Å². The molecule has 0 aliphatic carbocycles. The van der Waals surface area contributed by atoms with Gasteiger partial charge in [-0.05, 0) is 48.9 Å². The van der Waals surface area contributed by atoms with Gasteiger partial charge in [-0.2, -0.15) is 0 Å². The van der Waals surface area contributed by atoms with Crippen molar-refractivity contribution < 1.29 is 18.7 Å². The Morgan fingerprint density at radius 2 is 2.00 bits per heavy atom. The maximum Gasteiger partial charge on any atom is 0.252 e. The largest absolute Gasteiger partial charge is 0.467 e. The molecule has 7 heteroatoms. The van der Waals surface area contributed by atoms with Gasteiger partial charge in [0.05, 0.1) is 11.8 Å². The highest BCUT2D eigenvalue weighted by molar-refractivity contribution is 9.10. The van der Waals surface area contributed by atoms with Gasteiger partial charge in [-0.3, -0.25) is 4.79 Å². The molecule has 3 rings (SSSR count). The van der Waals surface area contributed by atoms with Crippen LogP contribution in [0.25, 0.3) is 0 Å². The zero-order chi connectivity index (χ0) is 18.9. The summed E-state index contributed by atoms with van der Waals surface area (Å²) in [6.45, 7) is 1.50. The number of carbonyl (C=O) groups excluding carboxylic acids is 1. The lowest BCUT2D eigenvalue weighted by molar-refractivity contribution is 0.0916. The van der Waals surface area contributed by atoms with E-state index in [1.165, 1.54) is 6.20 Å². The van der Waals surface area contributed by atoms with Crippen LogP contribution in [0.15, 0.2) is 69.9 Å². The Morgan fingerprint density at radius 3 is 2.70 bits per heavy atom. The predicted octanol–water partition coefficient (Wildman–Crippen LogP) is 4.57. The highest BCUT2D eigenvalue weighted by atomic mass is 79.9. The van der Waals surface area contributed by atoms with E-state index in [0.29, 0.717) is 43.4 Å². The van der Waals surface area contributed by atoms with Crippen LogP contribution in [0.4, 0.5) is 0 Å². The SMILES string of the molecule is O=C(NCCCOCc1ccco1)c1ccc(Oc2ccc(Br)cc2)nc1. The van der Waals surface area contributed by atoms with Gasteiger partial charge in [0.1, 0.15) is 18.1 Å². The van der Waals surface area contributed by atoms with Crippen molar-refractivity contribution in [1.29, 1.82) is 0 Å². The van der Waals surface area contributed by atoms with Crippen molar-refractivity contribution >= 4 is 21.8 Å². The molecule has 1 N–H and O–H groups in total. The lowest BCUT2D eigenvalue weighted by Crippen LogP contribution is -2.25. The molecule has 1 amide bonds. The minimum Gasteiger partial charge on any atom is -0.467 e. The van der Waals surface area contributed by atoms with Crippen molar-refractivity contribution in [3.05, 3.63) is 76.8 Å². The third-order valence-electron chi connectivity index (χ3n) is 3.61. The van der Waals surface area contributed by atoms with E-state index in [4.69, 9.17) is 13.9 Å². The van der Waals surface area contributed by atoms with Gasteiger partial charge in [0.2, 0.25) is 5.88 Å². The number of benzene rings is 1. The summed E-state index contributed by atoms with van der Waals surface area (Å²) >= 11 is 3.37. The first-order valence-corrected chi connectivity index (χ1v) is 9.28. The van der Waals surface area contributed by atoms with Crippen LogP contribution >= 0.6 is 15.9 Å². The number of carbonyl (C=O) groups is 1. The summed E-state index contributed by atoms with van der Waals surface area (Å²) in [5.41, 5.74) is 0.481. The van der Waals surface area contributed by atoms with Crippen LogP contribution in [0.5, 0.6) is 11.6 Å². The molecule has 2 aromatic heterocycles. The molecule has 0 bridgehead atoms. The number of hydrogen-bond acceptors (Lipinski definition) is 5. The van der Waals surface area contributed by atoms with Crippen LogP contribution in [-0.2, 0) is 11.3 Å². The molecule has 0 radical (unpaired) electrons. The highest BCUT2D eigenvalue weighted by Crippen LogP contribution is 2.21. The molecule has 6 nitrogen and oxygen atoms in total. The number of amides is 1. The Hall–Kier alpha value is -2.64. The van der Waals surface area contributed by atoms with Crippen molar-refractivity contribution in [3.63, 3.8) is 0 Å². The van der Waals surface area contributed by atoms with Crippen molar-refractivity contribution in [2.45, 2.75) is 13.0 Å². The van der Waals surface area contributed by atoms with E-state index in [2.05, 4.69) is 26.2 Å². The van der Waals surface area contributed by atoms with Crippen LogP contribution in [0.3, 0.4) is 0 Å². The molecule has 0 fully saturated rings. The van der Waals surface area contributed by atoms with E-state index >= 15 is 0 Å². The average Bonchev–Trinajstić information content (AvgIpc) is 3.20. The fourth-order valence-corrected chi connectivity index (χ4v) is 2.51. The number of nitrogens with one attached hydrogen (secondary N) is 1. The molecule has 0 aliphatic heterocycles. The standard InChI is InChI=1S/C20H19BrN2O4/c21-16-5-7-17(8-6-16)27-19-9-4-15(13-23-19)20(24)22-10-2-11-25-14-18-3-1-12-26-18/h1,3-9,12-13H,2,10-11,14H2,(H,22,24). The van der Waals surface area contributed by atoms with Gasteiger partial charge >= 0.3 is 0 Å². The van der Waals surface area contributed by atoms with Crippen molar-refractivity contribution in [3.8, 4) is 11.6 Å². The minimum absolute atomic E-state index is 0.177. The number of nitrogens with zero attached hydrogens (tertiary/aromatic N) is 1. The molecular formula is C20H19BrN2O4. The van der Waals surface area contributed by atoms with Gasteiger partial charge in [0.15, 0.2) is 0 Å². The first-order chi connectivity index (χ1) is 13.2. The summed E-state index contributed by atoms with van der Waals surface area (Å²) < 4.78 is 17.3. The van der Waals surface area contributed by atoms with E-state index in [-0.39, 0.29) is 5.91 Å². The number of hydrogen-bond donors (Lipinski definition) is 1. The van der Waals surface area contributed by atoms with Crippen LogP contribution in [0.2, 0.25) is 0 Å². The quantitative estimate of drug-likeness (QED) is 0.503. The second kappa shape index (κ2) is 9.89. The molecule has 0 atom stereocenters. The average molecular weight is 431 g/mol. The number of aromatic nitrogens is 1. The summed E-state index contributed by atoms with van der Waals surface area (Å²) in [5, 5.41) is 2.84. The number of rotatable bonds is 9. The molecule has 2 heterocycles. The second-order valence-electron chi connectivity index (χ2n) is 5.68. The van der Waals surface area contributed by atoms with Gasteiger partial charge in [0.25, 0.3) is 5.91 Å². The maximum absolute atomic E-state index is 12.1. The summed E-state index contributed by atoms with van der Waals surface area (Å²) in [6.07, 6.45) is 3.82. The van der Waals surface area contributed by atoms with Gasteiger partial charge < -0.3 is 19.2 Å². The molecule has 0 saturated carbocycles. The normalized spacial score (nSPS) is 10.6. The van der Waals surface area contributed by atoms with Crippen molar-refractivity contribution in [1.82, 2.24) is 10.3 Å². The van der Waals surface area contributed by atoms with Gasteiger partial charge in [0, 0.05) is 29.9 Å². The Morgan fingerprint density at radius 1 is 1.15 bits per heavy atom. The monoisotopic (exact) mass is 430 g/mol. The first kappa shape index (κ1) is 19.1. The fraction of sp³-hybridized carbons (Fsp3) is 0.200. The third-order valence-corrected chi connectivity index (χ3v) is 4.14. The fourth-order valence-electron chi connectivity index (χ4n) is 2.24. The summed E-state index contributed by atoms with van der Waals surface area (Å²) in [7, 11) is 0. The smallest absolute Gasteiger partial charge is 0.252 e. The molecule has 0 saturated heterocycles. The molecule has 27 heavy (non-hydrogen) atoms. The van der Waals surface area contributed by atoms with Crippen LogP contribution < -0.4 is 10.1 Å². The molecule has 0 unspecified atom stereocenters. The van der Waals surface area contributed by atoms with E-state index in [9.17, 15) is 4.79 Å². The maximum atomic E-state index is 12.1. The zero-order valence-corrected chi connectivity index (χ0v) is 16.1. The minimum atomic E-state index is -0.177. The Kier molecular flexibility index (Phi) is 7.01. The van der Waals surface area contributed by atoms with E-state index < -0.39 is 0 Å². The Balaban J connectivity index is 1.37. The van der Waals surface area contributed by atoms with Crippen molar-refractivity contribution in [2.24, 2.45) is 0 Å². The van der Waals surface area contributed by atoms with Crippen LogP contribution in [0.1, 0.15) is 22.5 Å². The lowest BCUT2D eigenvalue weighted by Gasteiger charge is -2.07. The topological polar surface area (TPSA) is 73.6 Å². The summed E-state index contributed by atoms with van der Waals surface area (Å²) in [4.78, 5) is 16.3. The molecule has 0 spiro atoms. The molecule has 1 aromatic carbocycles. The van der Waals surface area contributed by atoms with E-state index in [1.807, 2.05) is 36.4 Å². The third kappa shape index (κ3) is 6.23. The number of furan rings is 1. The second-order valence-corrected chi connectivity index (χ2v) is 6.60. The predicted molar refractivity (Wildman–Crippen MR) is 104 cm³/mol. The van der Waals surface area contributed by atoms with Crippen LogP contribution in [-0.4, -0.2) is 24.0 Å². The highest BCUT2D eigenvalue weighted by Gasteiger charge is 2.06. The summed E-state index contributed by atoms with van der Waals surface area (Å²) in [6, 6.07) is 14.5. The first-order valence-electron chi connectivity index (χ1n) is 8.48. The molecule has 0 aliphatic rings. The molecule has 3 aromatic rings. The lowest BCUT2D eigenvalue weighted by atomic mass is 10.2. The van der Waals surface area contributed by atoms with E-state index in [1.54, 1.807) is 18.4 Å². The van der Waals surface area contributed by atoms with Crippen LogP contribution in [0, 0.1) is 0 Å². The molecular weight excluding hydrogens is 412 g/mol. The van der Waals surface area contributed by atoms with Gasteiger partial charge in [-0.25, -0.2) is 4.98 Å². The Bertz CT molecular complexity index is 833. The number of halogens is 1. The zero-order valence-electron chi connectivity index (χ0n) is 14.6. The van der Waals surface area contributed by atoms with Crippen molar-refractivity contribution in [2.75, 3.05) is 13.2 Å². The van der Waals surface area contributed by atoms with Gasteiger partial charge in [-0.1, -0.05) is 15.9 Å². The Labute approximate surface area is 165 Å². The number of pyridine rings is 1. The summed E-state index contributed by atoms with van der Waals surface area (Å²) in [5.74, 6) is 1.72.